The van der Waals surface area contributed by atoms with Crippen molar-refractivity contribution in [2.24, 2.45) is 17.4 Å². The molecule has 2 fully saturated rings. The molecule has 0 aromatic heterocycles. The van der Waals surface area contributed by atoms with E-state index < -0.39 is 108 Å². The average Bonchev–Trinajstić information content (AvgIpc) is 3.81. The molecule has 21 nitrogen and oxygen atoms in total. The molecular formula is C46H65ClN12O9S2. The summed E-state index contributed by atoms with van der Waals surface area (Å²) in [6, 6.07) is 6.89. The number of likely N-dealkylation sites (N-methyl/N-ethyl adjacent to an activating group) is 1. The number of carbonyl (C=O) groups is 9. The predicted molar refractivity (Wildman–Crippen MR) is 268 cm³/mol. The first-order chi connectivity index (χ1) is 33.4. The van der Waals surface area contributed by atoms with Crippen LogP contribution in [0.1, 0.15) is 70.4 Å². The van der Waals surface area contributed by atoms with Gasteiger partial charge in [0.2, 0.25) is 53.2 Å². The first kappa shape index (κ1) is 56.5. The van der Waals surface area contributed by atoms with Crippen LogP contribution in [0.15, 0.2) is 54.6 Å². The zero-order valence-corrected chi connectivity index (χ0v) is 41.9. The number of hydrogen-bond donors (Lipinski definition) is 11. The summed E-state index contributed by atoms with van der Waals surface area (Å²) >= 11 is 6.13. The first-order valence-electron chi connectivity index (χ1n) is 23.1. The molecular weight excluding hydrogens is 964 g/mol. The van der Waals surface area contributed by atoms with Gasteiger partial charge in [-0.05, 0) is 61.8 Å². The maximum Gasteiger partial charge on any atom is 0.246 e. The van der Waals surface area contributed by atoms with Gasteiger partial charge in [-0.2, -0.15) is 0 Å². The lowest BCUT2D eigenvalue weighted by atomic mass is 9.99. The van der Waals surface area contributed by atoms with Crippen LogP contribution >= 0.6 is 33.2 Å². The quantitative estimate of drug-likeness (QED) is 0.0448. The standard InChI is InChI=1S/C46H65ClN12O9S2/c1-4-51-39(62)30(12-8-19-52-46(49)50)54-43(66)35-13-9-20-59(35)45(68)34-25-70-69-21-18-37(61)53-31(23-28-14-16-29(47)17-15-28)40(63)55-32(22-27-10-6-5-7-11-27)42(65)58-38(26(2)3)44(67)56-33(24-36(48)60)41(64)57-34/h5-7,10-11,14-17,26,30-35,38H,4,8-9,12-13,18-25H2,1-3H3,(H2,48,60)(H,51,62)(H,53,61)(H,54,66)(H,55,63)(H,56,67)(H,57,64)(H,58,65)(H4,49,50,52)/t30-,31+,32+,33+,34+,35+,38+/m1/s1. The van der Waals surface area contributed by atoms with E-state index in [0.29, 0.717) is 35.5 Å². The summed E-state index contributed by atoms with van der Waals surface area (Å²) in [5.74, 6) is -7.12. The molecule has 2 aliphatic rings. The molecule has 70 heavy (non-hydrogen) atoms. The lowest BCUT2D eigenvalue weighted by Crippen LogP contribution is -2.61. The van der Waals surface area contributed by atoms with Crippen molar-refractivity contribution < 1.29 is 43.2 Å². The molecule has 0 unspecified atom stereocenters. The monoisotopic (exact) mass is 1030 g/mol. The fourth-order valence-corrected chi connectivity index (χ4v) is 10.0. The second-order valence-corrected chi connectivity index (χ2v) is 20.3. The van der Waals surface area contributed by atoms with E-state index in [1.807, 2.05) is 0 Å². The van der Waals surface area contributed by atoms with E-state index in [2.05, 4.69) is 42.5 Å². The Balaban J connectivity index is 1.65. The van der Waals surface area contributed by atoms with Crippen LogP contribution in [-0.4, -0.2) is 137 Å². The zero-order valence-electron chi connectivity index (χ0n) is 39.5. The number of rotatable bonds is 16. The number of likely N-dealkylation sites (tertiary alicyclic amines) is 1. The molecule has 0 radical (unpaired) electrons. The van der Waals surface area contributed by atoms with Crippen molar-refractivity contribution in [2.75, 3.05) is 31.1 Å². The third kappa shape index (κ3) is 18.4. The number of nitrogens with zero attached hydrogens (tertiary/aromatic N) is 1. The van der Waals surface area contributed by atoms with Crippen molar-refractivity contribution in [3.63, 3.8) is 0 Å². The second-order valence-electron chi connectivity index (χ2n) is 17.2. The van der Waals surface area contributed by atoms with Crippen LogP contribution < -0.4 is 54.0 Å². The number of hydrogen-bond acceptors (Lipinski definition) is 12. The highest BCUT2D eigenvalue weighted by atomic mass is 35.5. The molecule has 2 aromatic carbocycles. The maximum atomic E-state index is 14.5. The largest absolute Gasteiger partial charge is 0.370 e. The Labute approximate surface area is 420 Å². The van der Waals surface area contributed by atoms with Crippen LogP contribution in [-0.2, 0) is 56.0 Å². The molecule has 4 rings (SSSR count). The normalized spacial score (nSPS) is 22.5. The molecule has 0 saturated carbocycles. The van der Waals surface area contributed by atoms with E-state index in [-0.39, 0.29) is 62.7 Å². The van der Waals surface area contributed by atoms with E-state index >= 15 is 0 Å². The summed E-state index contributed by atoms with van der Waals surface area (Å²) in [7, 11) is 2.35. The number of halogens is 1. The smallest absolute Gasteiger partial charge is 0.246 e. The SMILES string of the molecule is CCNC(=O)[C@@H](CCCNC(=N)N)NC(=O)[C@@H]1CCCN1C(=O)[C@@H]1CSSCCC(=O)N[C@@H](Cc2ccc(Cl)cc2)C(=O)N[C@@H](Cc2ccccc2)C(=O)N[C@@H](C(C)C)C(=O)N[C@@H](CC(N)=O)C(=O)N1. The highest BCUT2D eigenvalue weighted by Gasteiger charge is 2.40. The number of nitrogens with two attached hydrogens (primary N) is 2. The summed E-state index contributed by atoms with van der Waals surface area (Å²) in [5, 5.41) is 29.5. The minimum Gasteiger partial charge on any atom is -0.370 e. The molecule has 0 bridgehead atoms. The van der Waals surface area contributed by atoms with Crippen molar-refractivity contribution in [1.29, 1.82) is 5.41 Å². The summed E-state index contributed by atoms with van der Waals surface area (Å²) < 4.78 is 0. The minimum absolute atomic E-state index is 0.00329. The van der Waals surface area contributed by atoms with Crippen LogP contribution in [0.2, 0.25) is 5.02 Å². The molecule has 2 aliphatic heterocycles. The number of carbonyl (C=O) groups excluding carboxylic acids is 9. The molecule has 2 aromatic rings. The predicted octanol–water partition coefficient (Wildman–Crippen LogP) is -0.259. The Morgan fingerprint density at radius 3 is 2.09 bits per heavy atom. The molecule has 0 aliphatic carbocycles. The lowest BCUT2D eigenvalue weighted by Gasteiger charge is -2.31. The van der Waals surface area contributed by atoms with Gasteiger partial charge in [-0.25, -0.2) is 0 Å². The molecule has 382 valence electrons. The fourth-order valence-electron chi connectivity index (χ4n) is 7.75. The minimum atomic E-state index is -1.62. The van der Waals surface area contributed by atoms with Gasteiger partial charge in [-0.3, -0.25) is 48.6 Å². The Hall–Kier alpha value is -6.07. The van der Waals surface area contributed by atoms with Crippen molar-refractivity contribution >= 4 is 92.3 Å². The highest BCUT2D eigenvalue weighted by Crippen LogP contribution is 2.26. The number of guanidine groups is 1. The molecule has 7 atom stereocenters. The Kier molecular flexibility index (Phi) is 23.1. The summed E-state index contributed by atoms with van der Waals surface area (Å²) in [5.41, 5.74) is 12.3. The Morgan fingerprint density at radius 1 is 0.814 bits per heavy atom. The van der Waals surface area contributed by atoms with Crippen molar-refractivity contribution in [3.05, 3.63) is 70.7 Å². The van der Waals surface area contributed by atoms with E-state index in [9.17, 15) is 43.2 Å². The maximum absolute atomic E-state index is 14.5. The van der Waals surface area contributed by atoms with Gasteiger partial charge in [-0.1, -0.05) is 89.5 Å². The van der Waals surface area contributed by atoms with Crippen molar-refractivity contribution in [1.82, 2.24) is 47.4 Å². The van der Waals surface area contributed by atoms with Crippen LogP contribution in [0.25, 0.3) is 0 Å². The number of benzene rings is 2. The molecule has 24 heteroatoms. The summed E-state index contributed by atoms with van der Waals surface area (Å²) in [6.45, 7) is 5.72. The van der Waals surface area contributed by atoms with Crippen molar-refractivity contribution in [3.8, 4) is 0 Å². The van der Waals surface area contributed by atoms with Gasteiger partial charge >= 0.3 is 0 Å². The fraction of sp³-hybridized carbons (Fsp3) is 0.522. The molecule has 9 amide bonds. The summed E-state index contributed by atoms with van der Waals surface area (Å²) in [6.07, 6.45) is 0.513. The lowest BCUT2D eigenvalue weighted by molar-refractivity contribution is -0.142. The number of nitrogens with one attached hydrogen (secondary N) is 9. The number of amides is 9. The van der Waals surface area contributed by atoms with Gasteiger partial charge in [0.25, 0.3) is 0 Å². The van der Waals surface area contributed by atoms with Gasteiger partial charge in [-0.15, -0.1) is 0 Å². The van der Waals surface area contributed by atoms with Crippen LogP contribution in [0.3, 0.4) is 0 Å². The first-order valence-corrected chi connectivity index (χ1v) is 26.0. The van der Waals surface area contributed by atoms with E-state index in [4.69, 9.17) is 28.5 Å². The molecule has 2 heterocycles. The van der Waals surface area contributed by atoms with E-state index in [1.165, 1.54) is 15.7 Å². The highest BCUT2D eigenvalue weighted by molar-refractivity contribution is 8.76. The van der Waals surface area contributed by atoms with Gasteiger partial charge in [0.1, 0.15) is 42.3 Å². The zero-order chi connectivity index (χ0) is 51.3. The van der Waals surface area contributed by atoms with Gasteiger partial charge < -0.3 is 58.9 Å². The third-order valence-corrected chi connectivity index (χ3v) is 14.0. The molecule has 13 N–H and O–H groups in total. The van der Waals surface area contributed by atoms with E-state index in [0.717, 1.165) is 10.8 Å². The van der Waals surface area contributed by atoms with Crippen LogP contribution in [0.4, 0.5) is 0 Å². The van der Waals surface area contributed by atoms with Crippen LogP contribution in [0, 0.1) is 11.3 Å². The van der Waals surface area contributed by atoms with Gasteiger partial charge in [0.05, 0.1) is 6.42 Å². The van der Waals surface area contributed by atoms with Crippen molar-refractivity contribution in [2.45, 2.75) is 114 Å². The Bertz CT molecular complexity index is 2170. The van der Waals surface area contributed by atoms with Gasteiger partial charge in [0.15, 0.2) is 5.96 Å². The average molecular weight is 1030 g/mol. The molecule has 0 spiro atoms. The summed E-state index contributed by atoms with van der Waals surface area (Å²) in [4.78, 5) is 125. The van der Waals surface area contributed by atoms with Crippen LogP contribution in [0.5, 0.6) is 0 Å². The number of primary amides is 1. The van der Waals surface area contributed by atoms with E-state index in [1.54, 1.807) is 75.4 Å². The Morgan fingerprint density at radius 2 is 1.44 bits per heavy atom. The molecule has 2 saturated heterocycles. The van der Waals surface area contributed by atoms with Gasteiger partial charge in [0, 0.05) is 55.4 Å². The topological polar surface area (TPSA) is 329 Å². The second kappa shape index (κ2) is 28.6. The third-order valence-electron chi connectivity index (χ3n) is 11.4.